The number of carbonyl (C=O) groups excluding carboxylic acids is 1. The predicted molar refractivity (Wildman–Crippen MR) is 110 cm³/mol. The number of sulfonamides is 1. The van der Waals surface area contributed by atoms with E-state index in [1.807, 2.05) is 0 Å². The molecule has 2 aromatic carbocycles. The SMILES string of the molecule is COc1ccc(Cl)cc1S(=O)(=O)N1CCC(C(=O)Nc2ccc(C(F)(F)F)cc2)CC1. The van der Waals surface area contributed by atoms with Crippen LogP contribution in [0.1, 0.15) is 18.4 Å². The summed E-state index contributed by atoms with van der Waals surface area (Å²) >= 11 is 5.94. The quantitative estimate of drug-likeness (QED) is 0.693. The lowest BCUT2D eigenvalue weighted by atomic mass is 9.97. The van der Waals surface area contributed by atoms with Crippen molar-refractivity contribution in [1.29, 1.82) is 0 Å². The molecule has 0 saturated carbocycles. The number of halogens is 4. The minimum Gasteiger partial charge on any atom is -0.495 e. The van der Waals surface area contributed by atoms with Crippen molar-refractivity contribution in [3.63, 3.8) is 0 Å². The molecule has 0 radical (unpaired) electrons. The summed E-state index contributed by atoms with van der Waals surface area (Å²) in [5.74, 6) is -0.654. The van der Waals surface area contributed by atoms with Gasteiger partial charge in [-0.25, -0.2) is 8.42 Å². The Kier molecular flexibility index (Phi) is 6.82. The zero-order valence-electron chi connectivity index (χ0n) is 16.4. The van der Waals surface area contributed by atoms with Crippen molar-refractivity contribution in [1.82, 2.24) is 4.31 Å². The first-order chi connectivity index (χ1) is 14.5. The van der Waals surface area contributed by atoms with Gasteiger partial charge >= 0.3 is 6.18 Å². The molecule has 0 unspecified atom stereocenters. The van der Waals surface area contributed by atoms with E-state index in [0.29, 0.717) is 0 Å². The van der Waals surface area contributed by atoms with Gasteiger partial charge in [0.15, 0.2) is 0 Å². The highest BCUT2D eigenvalue weighted by atomic mass is 35.5. The molecule has 1 saturated heterocycles. The monoisotopic (exact) mass is 476 g/mol. The molecule has 1 N–H and O–H groups in total. The van der Waals surface area contributed by atoms with Crippen molar-refractivity contribution in [2.75, 3.05) is 25.5 Å². The zero-order valence-corrected chi connectivity index (χ0v) is 18.0. The van der Waals surface area contributed by atoms with Crippen molar-refractivity contribution in [3.05, 3.63) is 53.1 Å². The molecule has 0 bridgehead atoms. The van der Waals surface area contributed by atoms with Crippen LogP contribution in [0.3, 0.4) is 0 Å². The Morgan fingerprint density at radius 1 is 1.13 bits per heavy atom. The number of piperidine rings is 1. The second-order valence-electron chi connectivity index (χ2n) is 7.04. The number of carbonyl (C=O) groups is 1. The van der Waals surface area contributed by atoms with Crippen LogP contribution in [0.25, 0.3) is 0 Å². The summed E-state index contributed by atoms with van der Waals surface area (Å²) in [6, 6.07) is 8.47. The Morgan fingerprint density at radius 2 is 1.74 bits per heavy atom. The molecule has 168 valence electrons. The number of nitrogens with one attached hydrogen (secondary N) is 1. The van der Waals surface area contributed by atoms with Gasteiger partial charge in [-0.3, -0.25) is 4.79 Å². The zero-order chi connectivity index (χ0) is 22.8. The molecule has 11 heteroatoms. The first-order valence-corrected chi connectivity index (χ1v) is 11.2. The van der Waals surface area contributed by atoms with Crippen LogP contribution in [-0.2, 0) is 21.0 Å². The van der Waals surface area contributed by atoms with Crippen LogP contribution >= 0.6 is 11.6 Å². The minimum absolute atomic E-state index is 0.0462. The molecule has 0 aliphatic carbocycles. The van der Waals surface area contributed by atoms with Crippen LogP contribution in [0.2, 0.25) is 5.02 Å². The molecule has 1 heterocycles. The maximum Gasteiger partial charge on any atom is 0.416 e. The van der Waals surface area contributed by atoms with Gasteiger partial charge in [0.25, 0.3) is 0 Å². The first-order valence-electron chi connectivity index (χ1n) is 9.34. The van der Waals surface area contributed by atoms with E-state index in [1.54, 1.807) is 0 Å². The van der Waals surface area contributed by atoms with Gasteiger partial charge in [0.2, 0.25) is 15.9 Å². The summed E-state index contributed by atoms with van der Waals surface area (Å²) in [6.45, 7) is 0.228. The first kappa shape index (κ1) is 23.4. The molecular weight excluding hydrogens is 457 g/mol. The third-order valence-electron chi connectivity index (χ3n) is 5.05. The van der Waals surface area contributed by atoms with Gasteiger partial charge in [0, 0.05) is 29.7 Å². The van der Waals surface area contributed by atoms with Crippen molar-refractivity contribution in [2.45, 2.75) is 23.9 Å². The van der Waals surface area contributed by atoms with Crippen LogP contribution in [0.4, 0.5) is 18.9 Å². The fourth-order valence-electron chi connectivity index (χ4n) is 3.34. The van der Waals surface area contributed by atoms with E-state index in [0.717, 1.165) is 12.1 Å². The van der Waals surface area contributed by atoms with E-state index < -0.39 is 27.7 Å². The summed E-state index contributed by atoms with van der Waals surface area (Å²) in [6.07, 6.45) is -3.91. The standard InChI is InChI=1S/C20H20ClF3N2O4S/c1-30-17-7-4-15(21)12-18(17)31(28,29)26-10-8-13(9-11-26)19(27)25-16-5-2-14(3-6-16)20(22,23)24/h2-7,12-13H,8-11H2,1H3,(H,25,27). The average Bonchev–Trinajstić information content (AvgIpc) is 2.73. The largest absolute Gasteiger partial charge is 0.495 e. The number of amides is 1. The van der Waals surface area contributed by atoms with Crippen molar-refractivity contribution < 1.29 is 31.1 Å². The fraction of sp³-hybridized carbons (Fsp3) is 0.350. The number of rotatable bonds is 5. The van der Waals surface area contributed by atoms with Gasteiger partial charge in [0.05, 0.1) is 12.7 Å². The highest BCUT2D eigenvalue weighted by molar-refractivity contribution is 7.89. The maximum absolute atomic E-state index is 13.0. The predicted octanol–water partition coefficient (Wildman–Crippen LogP) is 4.41. The summed E-state index contributed by atoms with van der Waals surface area (Å²) < 4.78 is 70.3. The van der Waals surface area contributed by atoms with Gasteiger partial charge in [0.1, 0.15) is 10.6 Å². The summed E-state index contributed by atoms with van der Waals surface area (Å²) in [7, 11) is -2.51. The molecule has 31 heavy (non-hydrogen) atoms. The molecule has 0 aromatic heterocycles. The van der Waals surface area contributed by atoms with Crippen molar-refractivity contribution in [3.8, 4) is 5.75 Å². The number of methoxy groups -OCH3 is 1. The minimum atomic E-state index is -4.45. The molecule has 3 rings (SSSR count). The summed E-state index contributed by atoms with van der Waals surface area (Å²) in [4.78, 5) is 12.4. The number of alkyl halides is 3. The van der Waals surface area contributed by atoms with E-state index in [2.05, 4.69) is 5.32 Å². The number of hydrogen-bond acceptors (Lipinski definition) is 4. The van der Waals surface area contributed by atoms with E-state index in [4.69, 9.17) is 16.3 Å². The average molecular weight is 477 g/mol. The number of ether oxygens (including phenoxy) is 1. The second-order valence-corrected chi connectivity index (χ2v) is 9.38. The third kappa shape index (κ3) is 5.31. The molecule has 1 fully saturated rings. The van der Waals surface area contributed by atoms with Gasteiger partial charge in [-0.15, -0.1) is 0 Å². The van der Waals surface area contributed by atoms with Crippen LogP contribution in [-0.4, -0.2) is 38.8 Å². The highest BCUT2D eigenvalue weighted by Gasteiger charge is 2.34. The number of nitrogens with zero attached hydrogens (tertiary/aromatic N) is 1. The molecule has 1 aliphatic heterocycles. The Bertz CT molecular complexity index is 1050. The van der Waals surface area contributed by atoms with Gasteiger partial charge in [-0.1, -0.05) is 11.6 Å². The van der Waals surface area contributed by atoms with E-state index in [9.17, 15) is 26.4 Å². The normalized spacial score (nSPS) is 16.2. The lowest BCUT2D eigenvalue weighted by Crippen LogP contribution is -2.41. The third-order valence-corrected chi connectivity index (χ3v) is 7.20. The number of anilines is 1. The highest BCUT2D eigenvalue weighted by Crippen LogP contribution is 2.33. The van der Waals surface area contributed by atoms with E-state index >= 15 is 0 Å². The molecule has 6 nitrogen and oxygen atoms in total. The van der Waals surface area contributed by atoms with E-state index in [1.165, 1.54) is 41.7 Å². The van der Waals surface area contributed by atoms with E-state index in [-0.39, 0.29) is 53.2 Å². The maximum atomic E-state index is 13.0. The lowest BCUT2D eigenvalue weighted by molar-refractivity contribution is -0.137. The van der Waals surface area contributed by atoms with Crippen LogP contribution in [0.5, 0.6) is 5.75 Å². The lowest BCUT2D eigenvalue weighted by Gasteiger charge is -2.31. The molecule has 1 aliphatic rings. The smallest absolute Gasteiger partial charge is 0.416 e. The number of benzene rings is 2. The Balaban J connectivity index is 1.64. The summed E-state index contributed by atoms with van der Waals surface area (Å²) in [5.41, 5.74) is -0.558. The van der Waals surface area contributed by atoms with Crippen LogP contribution in [0, 0.1) is 5.92 Å². The van der Waals surface area contributed by atoms with Crippen molar-refractivity contribution in [2.24, 2.45) is 5.92 Å². The molecule has 1 amide bonds. The second kappa shape index (κ2) is 9.05. The molecular formula is C20H20ClF3N2O4S. The topological polar surface area (TPSA) is 75.7 Å². The number of hydrogen-bond donors (Lipinski definition) is 1. The summed E-state index contributed by atoms with van der Waals surface area (Å²) in [5, 5.41) is 2.84. The van der Waals surface area contributed by atoms with Gasteiger partial charge in [-0.2, -0.15) is 17.5 Å². The molecule has 0 atom stereocenters. The Labute approximate surface area is 183 Å². The molecule has 2 aromatic rings. The van der Waals surface area contributed by atoms with Crippen LogP contribution < -0.4 is 10.1 Å². The van der Waals surface area contributed by atoms with Crippen LogP contribution in [0.15, 0.2) is 47.4 Å². The van der Waals surface area contributed by atoms with Crippen molar-refractivity contribution >= 4 is 33.2 Å². The molecule has 0 spiro atoms. The Hall–Kier alpha value is -2.30. The Morgan fingerprint density at radius 3 is 2.29 bits per heavy atom. The fourth-order valence-corrected chi connectivity index (χ4v) is 5.22. The van der Waals surface area contributed by atoms with Gasteiger partial charge < -0.3 is 10.1 Å². The van der Waals surface area contributed by atoms with Gasteiger partial charge in [-0.05, 0) is 55.3 Å².